The summed E-state index contributed by atoms with van der Waals surface area (Å²) in [5, 5.41) is 0. The first-order valence-electron chi connectivity index (χ1n) is 9.58. The van der Waals surface area contributed by atoms with E-state index < -0.39 is 0 Å². The maximum absolute atomic E-state index is 2.67. The van der Waals surface area contributed by atoms with Gasteiger partial charge in [-0.3, -0.25) is 0 Å². The second-order valence-electron chi connectivity index (χ2n) is 7.30. The summed E-state index contributed by atoms with van der Waals surface area (Å²) in [5.74, 6) is 4.71. The Morgan fingerprint density at radius 3 is 1.85 bits per heavy atom. The van der Waals surface area contributed by atoms with Crippen molar-refractivity contribution in [3.8, 4) is 0 Å². The fourth-order valence-corrected chi connectivity index (χ4v) is 4.50. The van der Waals surface area contributed by atoms with Crippen molar-refractivity contribution in [1.29, 1.82) is 0 Å². The molecule has 0 aromatic heterocycles. The highest BCUT2D eigenvalue weighted by Crippen LogP contribution is 2.41. The third kappa shape index (κ3) is 5.30. The van der Waals surface area contributed by atoms with Crippen LogP contribution in [0.3, 0.4) is 0 Å². The molecule has 0 aliphatic heterocycles. The van der Waals surface area contributed by atoms with Crippen molar-refractivity contribution in [2.24, 2.45) is 0 Å². The zero-order chi connectivity index (χ0) is 14.0. The molecule has 0 saturated heterocycles. The van der Waals surface area contributed by atoms with Gasteiger partial charge in [-0.15, -0.1) is 5.98 Å². The summed E-state index contributed by atoms with van der Waals surface area (Å²) in [5.41, 5.74) is 0. The van der Waals surface area contributed by atoms with Crippen LogP contribution in [0.2, 0.25) is 11.6 Å². The van der Waals surface area contributed by atoms with Crippen LogP contribution in [0.4, 0.5) is 0 Å². The van der Waals surface area contributed by atoms with Crippen molar-refractivity contribution in [1.82, 2.24) is 0 Å². The lowest BCUT2D eigenvalue weighted by atomic mass is 9.30. The van der Waals surface area contributed by atoms with Crippen LogP contribution in [-0.2, 0) is 0 Å². The number of hydrogen-bond donors (Lipinski definition) is 0. The number of unbranched alkanes of at least 4 members (excludes halogenated alkanes) is 3. The number of rotatable bonds is 7. The summed E-state index contributed by atoms with van der Waals surface area (Å²) in [4.78, 5) is 0. The van der Waals surface area contributed by atoms with E-state index in [1.165, 1.54) is 89.9 Å². The molecule has 0 atom stereocenters. The van der Waals surface area contributed by atoms with E-state index in [0.717, 1.165) is 18.3 Å². The minimum atomic E-state index is 0.928. The average molecular weight is 274 g/mol. The van der Waals surface area contributed by atoms with Gasteiger partial charge in [-0.25, -0.2) is 0 Å². The predicted molar refractivity (Wildman–Crippen MR) is 92.7 cm³/mol. The largest absolute Gasteiger partial charge is 0.172 e. The van der Waals surface area contributed by atoms with E-state index in [2.05, 4.69) is 19.0 Å². The average Bonchev–Trinajstić information content (AvgIpc) is 2.53. The van der Waals surface area contributed by atoms with Crippen LogP contribution in [0.15, 0.2) is 12.1 Å². The molecular formula is C19H35B. The Morgan fingerprint density at radius 2 is 1.35 bits per heavy atom. The Bertz CT molecular complexity index is 241. The predicted octanol–water partition coefficient (Wildman–Crippen LogP) is 6.83. The molecule has 114 valence electrons. The summed E-state index contributed by atoms with van der Waals surface area (Å²) < 4.78 is 0. The summed E-state index contributed by atoms with van der Waals surface area (Å²) in [6.45, 7) is 3.23. The summed E-state index contributed by atoms with van der Waals surface area (Å²) in [6.07, 6.45) is 23.1. The van der Waals surface area contributed by atoms with Crippen molar-refractivity contribution >= 4 is 6.71 Å². The van der Waals surface area contributed by atoms with Gasteiger partial charge in [0.25, 0.3) is 0 Å². The molecule has 0 heterocycles. The van der Waals surface area contributed by atoms with E-state index in [4.69, 9.17) is 0 Å². The lowest BCUT2D eigenvalue weighted by Gasteiger charge is -2.34. The van der Waals surface area contributed by atoms with Crippen molar-refractivity contribution in [2.45, 2.75) is 108 Å². The molecular weight excluding hydrogens is 239 g/mol. The molecule has 2 rings (SSSR count). The Morgan fingerprint density at radius 1 is 0.800 bits per heavy atom. The van der Waals surface area contributed by atoms with Gasteiger partial charge in [0.1, 0.15) is 0 Å². The lowest BCUT2D eigenvalue weighted by molar-refractivity contribution is 0.464. The van der Waals surface area contributed by atoms with Crippen molar-refractivity contribution in [3.05, 3.63) is 12.1 Å². The van der Waals surface area contributed by atoms with Crippen molar-refractivity contribution in [3.63, 3.8) is 0 Å². The molecule has 2 aliphatic carbocycles. The van der Waals surface area contributed by atoms with E-state index in [1.54, 1.807) is 0 Å². The molecule has 1 heteroatoms. The number of allylic oxidation sites excluding steroid dienone is 1. The molecule has 2 saturated carbocycles. The van der Waals surface area contributed by atoms with E-state index >= 15 is 0 Å². The normalized spacial score (nSPS) is 22.4. The smallest absolute Gasteiger partial charge is 0.118 e. The maximum atomic E-state index is 2.67. The Hall–Kier alpha value is -0.195. The van der Waals surface area contributed by atoms with Gasteiger partial charge in [0.2, 0.25) is 0 Å². The number of hydrogen-bond acceptors (Lipinski definition) is 0. The molecule has 0 unspecified atom stereocenters. The van der Waals surface area contributed by atoms with Crippen molar-refractivity contribution < 1.29 is 0 Å². The van der Waals surface area contributed by atoms with Crippen LogP contribution >= 0.6 is 0 Å². The van der Waals surface area contributed by atoms with E-state index in [9.17, 15) is 0 Å². The zero-order valence-electron chi connectivity index (χ0n) is 13.8. The highest BCUT2D eigenvalue weighted by atomic mass is 14.2. The third-order valence-electron chi connectivity index (χ3n) is 5.72. The van der Waals surface area contributed by atoms with E-state index in [-0.39, 0.29) is 0 Å². The summed E-state index contributed by atoms with van der Waals surface area (Å²) in [7, 11) is 0. The van der Waals surface area contributed by atoms with Gasteiger partial charge in [-0.2, -0.15) is 0 Å². The third-order valence-corrected chi connectivity index (χ3v) is 5.72. The van der Waals surface area contributed by atoms with Crippen LogP contribution in [0.1, 0.15) is 96.8 Å². The summed E-state index contributed by atoms with van der Waals surface area (Å²) >= 11 is 0. The molecule has 2 aliphatic rings. The second kappa shape index (κ2) is 9.69. The van der Waals surface area contributed by atoms with Gasteiger partial charge in [0.05, 0.1) is 0 Å². The van der Waals surface area contributed by atoms with Gasteiger partial charge >= 0.3 is 0 Å². The maximum Gasteiger partial charge on any atom is 0.172 e. The molecule has 0 amide bonds. The van der Waals surface area contributed by atoms with Crippen LogP contribution in [0, 0.1) is 0 Å². The van der Waals surface area contributed by atoms with Gasteiger partial charge in [0, 0.05) is 0 Å². The Balaban J connectivity index is 1.87. The standard InChI is InChI=1S/C19H35B/c1-2-3-4-5-12-17-20(18-13-8-6-9-14-18)19-15-10-7-11-16-19/h12,17-19H,2-11,13-16H2,1H3/b17-12+. The van der Waals surface area contributed by atoms with E-state index in [1.807, 2.05) is 0 Å². The zero-order valence-corrected chi connectivity index (χ0v) is 13.8. The van der Waals surface area contributed by atoms with Gasteiger partial charge < -0.3 is 0 Å². The highest BCUT2D eigenvalue weighted by Gasteiger charge is 2.32. The SMILES string of the molecule is CCCCC/C=C/B(C1CCCCC1)C1CCCCC1. The van der Waals surface area contributed by atoms with Crippen molar-refractivity contribution in [2.75, 3.05) is 0 Å². The monoisotopic (exact) mass is 274 g/mol. The second-order valence-corrected chi connectivity index (χ2v) is 7.30. The van der Waals surface area contributed by atoms with Gasteiger partial charge in [0.15, 0.2) is 6.71 Å². The summed E-state index contributed by atoms with van der Waals surface area (Å²) in [6, 6.07) is 0. The molecule has 0 spiro atoms. The topological polar surface area (TPSA) is 0 Å². The molecule has 0 bridgehead atoms. The molecule has 20 heavy (non-hydrogen) atoms. The van der Waals surface area contributed by atoms with Crippen LogP contribution in [0.5, 0.6) is 0 Å². The first kappa shape index (κ1) is 16.2. The quantitative estimate of drug-likeness (QED) is 0.352. The lowest BCUT2D eigenvalue weighted by Crippen LogP contribution is -2.28. The van der Waals surface area contributed by atoms with E-state index in [0.29, 0.717) is 0 Å². The molecule has 0 aromatic rings. The van der Waals surface area contributed by atoms with Gasteiger partial charge in [-0.05, 0) is 12.8 Å². The Labute approximate surface area is 127 Å². The van der Waals surface area contributed by atoms with Crippen LogP contribution < -0.4 is 0 Å². The highest BCUT2D eigenvalue weighted by molar-refractivity contribution is 6.67. The Kier molecular flexibility index (Phi) is 7.84. The minimum Gasteiger partial charge on any atom is -0.118 e. The molecule has 2 fully saturated rings. The molecule has 0 radical (unpaired) electrons. The minimum absolute atomic E-state index is 0.928. The molecule has 0 aromatic carbocycles. The first-order valence-corrected chi connectivity index (χ1v) is 9.58. The van der Waals surface area contributed by atoms with Gasteiger partial charge in [-0.1, -0.05) is 102 Å². The van der Waals surface area contributed by atoms with Crippen LogP contribution in [-0.4, -0.2) is 6.71 Å². The molecule has 0 N–H and O–H groups in total. The van der Waals surface area contributed by atoms with Crippen LogP contribution in [0.25, 0.3) is 0 Å². The fraction of sp³-hybridized carbons (Fsp3) is 0.895. The molecule has 0 nitrogen and oxygen atoms in total. The first-order chi connectivity index (χ1) is 9.92. The fourth-order valence-electron chi connectivity index (χ4n) is 4.50.